The molecule has 1 N–H and O–H groups in total. The molecule has 0 aliphatic carbocycles. The van der Waals surface area contributed by atoms with Gasteiger partial charge in [0.25, 0.3) is 0 Å². The number of halogens is 3. The minimum atomic E-state index is -4.28. The first-order valence-electron chi connectivity index (χ1n) is 5.25. The highest BCUT2D eigenvalue weighted by Gasteiger charge is 2.39. The molecule has 1 atom stereocenters. The number of hydrogen-bond donors (Lipinski definition) is 1. The Labute approximate surface area is 97.3 Å². The van der Waals surface area contributed by atoms with Crippen LogP contribution >= 0.6 is 0 Å². The standard InChI is InChI=1S/C13H12F3N/c1-17-12(13(14,15)16)11-7-6-9-4-2-3-5-10(9)8-11/h2-8,12,17H,1H3. The SMILES string of the molecule is CNC(c1ccc2ccccc2c1)C(F)(F)F. The Bertz CT molecular complexity index is 519. The summed E-state index contributed by atoms with van der Waals surface area (Å²) in [5, 5.41) is 4.05. The second-order valence-corrected chi connectivity index (χ2v) is 3.87. The highest BCUT2D eigenvalue weighted by atomic mass is 19.4. The van der Waals surface area contributed by atoms with Crippen molar-refractivity contribution in [2.75, 3.05) is 7.05 Å². The van der Waals surface area contributed by atoms with Gasteiger partial charge in [0.2, 0.25) is 0 Å². The zero-order valence-corrected chi connectivity index (χ0v) is 9.25. The van der Waals surface area contributed by atoms with E-state index >= 15 is 0 Å². The lowest BCUT2D eigenvalue weighted by Crippen LogP contribution is -2.31. The highest BCUT2D eigenvalue weighted by Crippen LogP contribution is 2.33. The third kappa shape index (κ3) is 2.42. The van der Waals surface area contributed by atoms with Crippen LogP contribution in [0.25, 0.3) is 10.8 Å². The summed E-state index contributed by atoms with van der Waals surface area (Å²) >= 11 is 0. The first-order valence-corrected chi connectivity index (χ1v) is 5.25. The molecule has 90 valence electrons. The lowest BCUT2D eigenvalue weighted by atomic mass is 10.0. The summed E-state index contributed by atoms with van der Waals surface area (Å²) in [6.45, 7) is 0. The van der Waals surface area contributed by atoms with Gasteiger partial charge in [-0.25, -0.2) is 0 Å². The molecule has 2 aromatic rings. The molecule has 0 aliphatic rings. The van der Waals surface area contributed by atoms with E-state index in [1.807, 2.05) is 24.3 Å². The molecule has 0 aliphatic heterocycles. The van der Waals surface area contributed by atoms with Crippen LogP contribution in [0.5, 0.6) is 0 Å². The van der Waals surface area contributed by atoms with Gasteiger partial charge in [0.1, 0.15) is 6.04 Å². The highest BCUT2D eigenvalue weighted by molar-refractivity contribution is 5.83. The average molecular weight is 239 g/mol. The molecule has 17 heavy (non-hydrogen) atoms. The Hall–Kier alpha value is -1.55. The maximum Gasteiger partial charge on any atom is 0.407 e. The second kappa shape index (κ2) is 4.37. The zero-order chi connectivity index (χ0) is 12.5. The predicted octanol–water partition coefficient (Wildman–Crippen LogP) is 3.66. The van der Waals surface area contributed by atoms with Crippen LogP contribution in [0.1, 0.15) is 11.6 Å². The van der Waals surface area contributed by atoms with Crippen molar-refractivity contribution in [3.05, 3.63) is 48.0 Å². The van der Waals surface area contributed by atoms with Crippen molar-refractivity contribution in [1.29, 1.82) is 0 Å². The molecule has 0 saturated heterocycles. The minimum Gasteiger partial charge on any atom is -0.306 e. The van der Waals surface area contributed by atoms with Crippen LogP contribution in [0, 0.1) is 0 Å². The predicted molar refractivity (Wildman–Crippen MR) is 61.8 cm³/mol. The van der Waals surface area contributed by atoms with Crippen molar-refractivity contribution >= 4 is 10.8 Å². The number of hydrogen-bond acceptors (Lipinski definition) is 1. The van der Waals surface area contributed by atoms with Gasteiger partial charge in [-0.2, -0.15) is 13.2 Å². The number of fused-ring (bicyclic) bond motifs is 1. The molecule has 0 heterocycles. The van der Waals surface area contributed by atoms with E-state index in [2.05, 4.69) is 5.32 Å². The van der Waals surface area contributed by atoms with Gasteiger partial charge in [-0.15, -0.1) is 0 Å². The maximum absolute atomic E-state index is 12.7. The van der Waals surface area contributed by atoms with Crippen molar-refractivity contribution in [3.63, 3.8) is 0 Å². The molecule has 4 heteroatoms. The number of benzene rings is 2. The molecule has 0 amide bonds. The summed E-state index contributed by atoms with van der Waals surface area (Å²) in [7, 11) is 1.31. The molecule has 0 saturated carbocycles. The van der Waals surface area contributed by atoms with Crippen LogP contribution in [-0.4, -0.2) is 13.2 Å². The van der Waals surface area contributed by atoms with Crippen LogP contribution in [-0.2, 0) is 0 Å². The van der Waals surface area contributed by atoms with E-state index in [9.17, 15) is 13.2 Å². The molecular weight excluding hydrogens is 227 g/mol. The van der Waals surface area contributed by atoms with E-state index < -0.39 is 12.2 Å². The average Bonchev–Trinajstić information content (AvgIpc) is 2.28. The van der Waals surface area contributed by atoms with Crippen molar-refractivity contribution in [2.24, 2.45) is 0 Å². The quantitative estimate of drug-likeness (QED) is 0.843. The van der Waals surface area contributed by atoms with Crippen LogP contribution < -0.4 is 5.32 Å². The molecule has 0 spiro atoms. The Kier molecular flexibility index (Phi) is 3.07. The largest absolute Gasteiger partial charge is 0.407 e. The molecule has 0 bridgehead atoms. The first kappa shape index (κ1) is 11.9. The minimum absolute atomic E-state index is 0.235. The normalized spacial score (nSPS) is 13.9. The van der Waals surface area contributed by atoms with Gasteiger partial charge in [0.05, 0.1) is 0 Å². The van der Waals surface area contributed by atoms with Crippen LogP contribution in [0.4, 0.5) is 13.2 Å². The molecule has 2 rings (SSSR count). The Morgan fingerprint density at radius 3 is 2.24 bits per heavy atom. The molecule has 0 radical (unpaired) electrons. The Balaban J connectivity index is 2.48. The third-order valence-corrected chi connectivity index (χ3v) is 2.72. The molecule has 0 fully saturated rings. The van der Waals surface area contributed by atoms with Crippen LogP contribution in [0.2, 0.25) is 0 Å². The Morgan fingerprint density at radius 2 is 1.65 bits per heavy atom. The summed E-state index contributed by atoms with van der Waals surface area (Å²) in [6, 6.07) is 10.5. The maximum atomic E-state index is 12.7. The molecule has 1 nitrogen and oxygen atoms in total. The van der Waals surface area contributed by atoms with Gasteiger partial charge >= 0.3 is 6.18 Å². The number of alkyl halides is 3. The first-order chi connectivity index (χ1) is 8.02. The van der Waals surface area contributed by atoms with E-state index in [0.717, 1.165) is 10.8 Å². The smallest absolute Gasteiger partial charge is 0.306 e. The zero-order valence-electron chi connectivity index (χ0n) is 9.25. The van der Waals surface area contributed by atoms with Crippen molar-refractivity contribution in [1.82, 2.24) is 5.32 Å². The van der Waals surface area contributed by atoms with E-state index in [1.54, 1.807) is 12.1 Å². The topological polar surface area (TPSA) is 12.0 Å². The molecule has 2 aromatic carbocycles. The third-order valence-electron chi connectivity index (χ3n) is 2.72. The lowest BCUT2D eigenvalue weighted by Gasteiger charge is -2.20. The van der Waals surface area contributed by atoms with Gasteiger partial charge in [-0.05, 0) is 29.4 Å². The monoisotopic (exact) mass is 239 g/mol. The second-order valence-electron chi connectivity index (χ2n) is 3.87. The van der Waals surface area contributed by atoms with Crippen LogP contribution in [0.15, 0.2) is 42.5 Å². The molecule has 1 unspecified atom stereocenters. The Morgan fingerprint density at radius 1 is 1.00 bits per heavy atom. The fraction of sp³-hybridized carbons (Fsp3) is 0.231. The summed E-state index contributed by atoms with van der Waals surface area (Å²) in [5.74, 6) is 0. The number of nitrogens with one attached hydrogen (secondary N) is 1. The number of rotatable bonds is 2. The van der Waals surface area contributed by atoms with Crippen molar-refractivity contribution in [3.8, 4) is 0 Å². The van der Waals surface area contributed by atoms with E-state index in [1.165, 1.54) is 13.1 Å². The van der Waals surface area contributed by atoms with E-state index in [-0.39, 0.29) is 5.56 Å². The molecule has 0 aromatic heterocycles. The van der Waals surface area contributed by atoms with E-state index in [4.69, 9.17) is 0 Å². The van der Waals surface area contributed by atoms with Gasteiger partial charge in [0.15, 0.2) is 0 Å². The fourth-order valence-corrected chi connectivity index (χ4v) is 1.91. The summed E-state index contributed by atoms with van der Waals surface area (Å²) in [6.07, 6.45) is -4.28. The lowest BCUT2D eigenvalue weighted by molar-refractivity contribution is -0.156. The summed E-state index contributed by atoms with van der Waals surface area (Å²) < 4.78 is 38.2. The van der Waals surface area contributed by atoms with E-state index in [0.29, 0.717) is 0 Å². The van der Waals surface area contributed by atoms with Gasteiger partial charge in [0, 0.05) is 0 Å². The summed E-state index contributed by atoms with van der Waals surface area (Å²) in [5.41, 5.74) is 0.235. The fourth-order valence-electron chi connectivity index (χ4n) is 1.91. The van der Waals surface area contributed by atoms with Gasteiger partial charge in [-0.1, -0.05) is 36.4 Å². The summed E-state index contributed by atoms with van der Waals surface area (Å²) in [4.78, 5) is 0. The van der Waals surface area contributed by atoms with Crippen LogP contribution in [0.3, 0.4) is 0 Å². The van der Waals surface area contributed by atoms with Crippen molar-refractivity contribution < 1.29 is 13.2 Å². The molecular formula is C13H12F3N. The van der Waals surface area contributed by atoms with Gasteiger partial charge in [-0.3, -0.25) is 0 Å². The van der Waals surface area contributed by atoms with Gasteiger partial charge < -0.3 is 5.32 Å². The van der Waals surface area contributed by atoms with Crippen molar-refractivity contribution in [2.45, 2.75) is 12.2 Å².